The van der Waals surface area contributed by atoms with Crippen molar-refractivity contribution >= 4 is 28.9 Å². The minimum atomic E-state index is -0.288. The molecule has 0 aliphatic carbocycles. The molecule has 0 aliphatic heterocycles. The van der Waals surface area contributed by atoms with E-state index >= 15 is 0 Å². The SMILES string of the molecule is COC(=O)CC(c1ncc(Cl)s1)C(C)N. The van der Waals surface area contributed by atoms with Crippen molar-refractivity contribution in [3.8, 4) is 0 Å². The van der Waals surface area contributed by atoms with Gasteiger partial charge in [-0.05, 0) is 6.92 Å². The number of ether oxygens (including phenoxy) is 1. The highest BCUT2D eigenvalue weighted by Crippen LogP contribution is 2.29. The van der Waals surface area contributed by atoms with E-state index in [-0.39, 0.29) is 24.3 Å². The Labute approximate surface area is 97.4 Å². The van der Waals surface area contributed by atoms with E-state index in [1.165, 1.54) is 18.4 Å². The van der Waals surface area contributed by atoms with Crippen molar-refractivity contribution in [2.75, 3.05) is 7.11 Å². The Balaban J connectivity index is 2.79. The van der Waals surface area contributed by atoms with Crippen LogP contribution in [0.4, 0.5) is 0 Å². The number of rotatable bonds is 4. The summed E-state index contributed by atoms with van der Waals surface area (Å²) in [7, 11) is 1.36. The molecule has 1 heterocycles. The van der Waals surface area contributed by atoms with Crippen LogP contribution in [0.2, 0.25) is 4.34 Å². The molecule has 0 fully saturated rings. The van der Waals surface area contributed by atoms with Crippen LogP contribution in [0.15, 0.2) is 6.20 Å². The number of carbonyl (C=O) groups is 1. The van der Waals surface area contributed by atoms with Crippen molar-refractivity contribution in [3.63, 3.8) is 0 Å². The number of methoxy groups -OCH3 is 1. The highest BCUT2D eigenvalue weighted by Gasteiger charge is 2.23. The summed E-state index contributed by atoms with van der Waals surface area (Å²) in [6.07, 6.45) is 1.80. The second-order valence-corrected chi connectivity index (χ2v) is 4.94. The van der Waals surface area contributed by atoms with E-state index in [4.69, 9.17) is 17.3 Å². The molecule has 84 valence electrons. The summed E-state index contributed by atoms with van der Waals surface area (Å²) in [6.45, 7) is 1.84. The van der Waals surface area contributed by atoms with Crippen LogP contribution >= 0.6 is 22.9 Å². The molecule has 0 bridgehead atoms. The van der Waals surface area contributed by atoms with E-state index in [1.807, 2.05) is 6.92 Å². The van der Waals surface area contributed by atoms with Crippen LogP contribution in [0.3, 0.4) is 0 Å². The Bertz CT molecular complexity index is 341. The number of carbonyl (C=O) groups excluding carboxylic acids is 1. The lowest BCUT2D eigenvalue weighted by Gasteiger charge is -2.16. The maximum absolute atomic E-state index is 11.2. The Morgan fingerprint density at radius 1 is 1.80 bits per heavy atom. The lowest BCUT2D eigenvalue weighted by atomic mass is 9.99. The molecule has 2 unspecified atom stereocenters. The van der Waals surface area contributed by atoms with Gasteiger partial charge >= 0.3 is 5.97 Å². The van der Waals surface area contributed by atoms with Crippen LogP contribution in [0.1, 0.15) is 24.3 Å². The summed E-state index contributed by atoms with van der Waals surface area (Å²) in [5.74, 6) is -0.418. The van der Waals surface area contributed by atoms with Gasteiger partial charge in [0.2, 0.25) is 0 Å². The summed E-state index contributed by atoms with van der Waals surface area (Å²) in [6, 6.07) is -0.161. The monoisotopic (exact) mass is 248 g/mol. The van der Waals surface area contributed by atoms with Gasteiger partial charge in [-0.3, -0.25) is 4.79 Å². The number of aromatic nitrogens is 1. The van der Waals surface area contributed by atoms with Crippen LogP contribution in [-0.4, -0.2) is 24.1 Å². The minimum Gasteiger partial charge on any atom is -0.469 e. The first-order valence-electron chi connectivity index (χ1n) is 4.48. The zero-order valence-electron chi connectivity index (χ0n) is 8.57. The highest BCUT2D eigenvalue weighted by molar-refractivity contribution is 7.15. The first-order valence-corrected chi connectivity index (χ1v) is 5.67. The maximum Gasteiger partial charge on any atom is 0.306 e. The summed E-state index contributed by atoms with van der Waals surface area (Å²) < 4.78 is 5.21. The molecule has 4 nitrogen and oxygen atoms in total. The van der Waals surface area contributed by atoms with Gasteiger partial charge in [0, 0.05) is 12.0 Å². The molecule has 0 amide bonds. The molecular formula is C9H13ClN2O2S. The van der Waals surface area contributed by atoms with Gasteiger partial charge in [0.25, 0.3) is 0 Å². The molecule has 1 aromatic heterocycles. The Morgan fingerprint density at radius 3 is 2.87 bits per heavy atom. The Hall–Kier alpha value is -0.650. The topological polar surface area (TPSA) is 65.2 Å². The van der Waals surface area contributed by atoms with E-state index in [0.717, 1.165) is 5.01 Å². The molecule has 1 rings (SSSR count). The smallest absolute Gasteiger partial charge is 0.306 e. The largest absolute Gasteiger partial charge is 0.469 e. The normalized spacial score (nSPS) is 14.7. The standard InChI is InChI=1S/C9H13ClN2O2S/c1-5(11)6(3-8(13)14-2)9-12-4-7(10)15-9/h4-6H,3,11H2,1-2H3. The average Bonchev–Trinajstić information content (AvgIpc) is 2.60. The van der Waals surface area contributed by atoms with Crippen LogP contribution in [0.25, 0.3) is 0 Å². The summed E-state index contributed by atoms with van der Waals surface area (Å²) in [4.78, 5) is 15.3. The first-order chi connectivity index (χ1) is 7.04. The van der Waals surface area contributed by atoms with Crippen molar-refractivity contribution in [1.82, 2.24) is 4.98 Å². The molecule has 15 heavy (non-hydrogen) atoms. The van der Waals surface area contributed by atoms with Gasteiger partial charge in [-0.15, -0.1) is 11.3 Å². The van der Waals surface area contributed by atoms with Crippen molar-refractivity contribution < 1.29 is 9.53 Å². The molecule has 0 radical (unpaired) electrons. The Kier molecular flexibility index (Phi) is 4.50. The van der Waals surface area contributed by atoms with Crippen molar-refractivity contribution in [2.45, 2.75) is 25.3 Å². The number of nitrogens with zero attached hydrogens (tertiary/aromatic N) is 1. The number of thiazole rings is 1. The predicted molar refractivity (Wildman–Crippen MR) is 60.1 cm³/mol. The summed E-state index contributed by atoms with van der Waals surface area (Å²) in [5.41, 5.74) is 5.80. The molecule has 0 saturated heterocycles. The molecule has 0 saturated carbocycles. The summed E-state index contributed by atoms with van der Waals surface area (Å²) in [5, 5.41) is 0.778. The van der Waals surface area contributed by atoms with Crippen LogP contribution in [0.5, 0.6) is 0 Å². The second-order valence-electron chi connectivity index (χ2n) is 3.25. The second kappa shape index (κ2) is 5.44. The van der Waals surface area contributed by atoms with Gasteiger partial charge in [-0.25, -0.2) is 4.98 Å². The van der Waals surface area contributed by atoms with Gasteiger partial charge < -0.3 is 10.5 Å². The lowest BCUT2D eigenvalue weighted by Crippen LogP contribution is -2.27. The highest BCUT2D eigenvalue weighted by atomic mass is 35.5. The lowest BCUT2D eigenvalue weighted by molar-refractivity contribution is -0.141. The number of halogens is 1. The van der Waals surface area contributed by atoms with E-state index in [1.54, 1.807) is 6.20 Å². The van der Waals surface area contributed by atoms with Crippen LogP contribution < -0.4 is 5.73 Å². The fourth-order valence-corrected chi connectivity index (χ4v) is 2.35. The fraction of sp³-hybridized carbons (Fsp3) is 0.556. The zero-order valence-corrected chi connectivity index (χ0v) is 10.1. The average molecular weight is 249 g/mol. The fourth-order valence-electron chi connectivity index (χ4n) is 1.20. The molecule has 0 aliphatic rings. The van der Waals surface area contributed by atoms with E-state index in [2.05, 4.69) is 9.72 Å². The van der Waals surface area contributed by atoms with Crippen molar-refractivity contribution in [3.05, 3.63) is 15.5 Å². The van der Waals surface area contributed by atoms with Gasteiger partial charge in [-0.2, -0.15) is 0 Å². The van der Waals surface area contributed by atoms with Crippen LogP contribution in [0, 0.1) is 0 Å². The molecule has 2 N–H and O–H groups in total. The van der Waals surface area contributed by atoms with E-state index in [9.17, 15) is 4.79 Å². The predicted octanol–water partition coefficient (Wildman–Crippen LogP) is 1.79. The van der Waals surface area contributed by atoms with Gasteiger partial charge in [0.15, 0.2) is 0 Å². The molecular weight excluding hydrogens is 236 g/mol. The number of nitrogens with two attached hydrogens (primary N) is 1. The third-order valence-corrected chi connectivity index (χ3v) is 3.31. The molecule has 6 heteroatoms. The number of esters is 1. The Morgan fingerprint density at radius 2 is 2.47 bits per heavy atom. The van der Waals surface area contributed by atoms with E-state index in [0.29, 0.717) is 4.34 Å². The van der Waals surface area contributed by atoms with Crippen LogP contribution in [-0.2, 0) is 9.53 Å². The number of hydrogen-bond acceptors (Lipinski definition) is 5. The zero-order chi connectivity index (χ0) is 11.4. The molecule has 0 spiro atoms. The van der Waals surface area contributed by atoms with Crippen molar-refractivity contribution in [2.24, 2.45) is 5.73 Å². The van der Waals surface area contributed by atoms with Gasteiger partial charge in [0.05, 0.1) is 24.7 Å². The first kappa shape index (κ1) is 12.4. The molecule has 2 atom stereocenters. The van der Waals surface area contributed by atoms with Crippen molar-refractivity contribution in [1.29, 1.82) is 0 Å². The molecule has 0 aromatic carbocycles. The molecule has 1 aromatic rings. The van der Waals surface area contributed by atoms with Gasteiger partial charge in [0.1, 0.15) is 4.34 Å². The van der Waals surface area contributed by atoms with E-state index < -0.39 is 0 Å². The third kappa shape index (κ3) is 3.44. The maximum atomic E-state index is 11.2. The number of hydrogen-bond donors (Lipinski definition) is 1. The quantitative estimate of drug-likeness (QED) is 0.825. The summed E-state index contributed by atoms with van der Waals surface area (Å²) >= 11 is 7.12. The van der Waals surface area contributed by atoms with Gasteiger partial charge in [-0.1, -0.05) is 11.6 Å². The minimum absolute atomic E-state index is 0.130. The third-order valence-electron chi connectivity index (χ3n) is 2.06.